The maximum Gasteiger partial charge on any atom is 0.248 e. The van der Waals surface area contributed by atoms with E-state index in [1.54, 1.807) is 26.4 Å². The van der Waals surface area contributed by atoms with Crippen molar-refractivity contribution in [2.24, 2.45) is 5.92 Å². The molecule has 40 heavy (non-hydrogen) atoms. The highest BCUT2D eigenvalue weighted by molar-refractivity contribution is 5.96. The number of carbonyl (C=O) groups is 2. The number of methoxy groups -OCH3 is 3. The molecule has 11 heteroatoms. The van der Waals surface area contributed by atoms with Crippen molar-refractivity contribution in [2.45, 2.75) is 45.7 Å². The Labute approximate surface area is 232 Å². The first-order chi connectivity index (χ1) is 19.2. The van der Waals surface area contributed by atoms with Gasteiger partial charge in [0, 0.05) is 18.6 Å². The number of benzene rings is 1. The summed E-state index contributed by atoms with van der Waals surface area (Å²) in [6.45, 7) is 5.23. The van der Waals surface area contributed by atoms with Crippen molar-refractivity contribution in [1.82, 2.24) is 15.5 Å². The number of nitrogens with one attached hydrogen (secondary N) is 4. The molecule has 2 atom stereocenters. The van der Waals surface area contributed by atoms with Crippen molar-refractivity contribution in [3.8, 4) is 28.4 Å². The fraction of sp³-hybridized carbons (Fsp3) is 0.379. The van der Waals surface area contributed by atoms with Crippen LogP contribution >= 0.6 is 0 Å². The Morgan fingerprint density at radius 3 is 2.40 bits per heavy atom. The molecule has 0 fully saturated rings. The first kappa shape index (κ1) is 28.5. The molecule has 1 aliphatic rings. The van der Waals surface area contributed by atoms with Gasteiger partial charge in [0.1, 0.15) is 11.9 Å². The highest BCUT2D eigenvalue weighted by Gasteiger charge is 2.30. The zero-order chi connectivity index (χ0) is 29.0. The standard InChI is InChI=1S/C29H35N5O6/c1-15(2)26(29(37)33-24-11-12-30-34-24)32-21-10-8-18-19(14-22(21)36)20(31-16(3)35)9-7-17-13-23(38-4)27(39-5)28(40-6)25(17)18/h8,10-15,20,26H,7,9H2,1-6H3,(H,31,35)(H,32,36)(H2,30,33,34,37)/t20-,26-/m0/s1. The van der Waals surface area contributed by atoms with Gasteiger partial charge in [-0.25, -0.2) is 0 Å². The van der Waals surface area contributed by atoms with Crippen molar-refractivity contribution in [2.75, 3.05) is 32.0 Å². The molecule has 4 N–H and O–H groups in total. The highest BCUT2D eigenvalue weighted by atomic mass is 16.5. The minimum atomic E-state index is -0.712. The summed E-state index contributed by atoms with van der Waals surface area (Å²) in [5.41, 5.74) is 2.95. The zero-order valence-corrected chi connectivity index (χ0v) is 23.5. The third-order valence-electron chi connectivity index (χ3n) is 6.93. The Bertz CT molecular complexity index is 1450. The molecule has 1 heterocycles. The summed E-state index contributed by atoms with van der Waals surface area (Å²) < 4.78 is 17.0. The van der Waals surface area contributed by atoms with E-state index in [4.69, 9.17) is 14.2 Å². The summed E-state index contributed by atoms with van der Waals surface area (Å²) in [7, 11) is 4.64. The number of carbonyl (C=O) groups excluding carboxylic acids is 2. The number of aromatic amines is 1. The van der Waals surface area contributed by atoms with Crippen LogP contribution in [0.25, 0.3) is 11.1 Å². The SMILES string of the molecule is COc1cc2c(c(OC)c1OC)-c1ccc(N[C@H](C(=O)Nc3ccn[nH]3)C(C)C)c(=O)cc1[C@@H](NC(C)=O)CC2. The van der Waals surface area contributed by atoms with Crippen LogP contribution in [0, 0.1) is 5.92 Å². The molecule has 2 aromatic carbocycles. The second-order valence-electron chi connectivity index (χ2n) is 9.92. The molecule has 0 radical (unpaired) electrons. The number of ether oxygens (including phenoxy) is 3. The number of hydrogen-bond acceptors (Lipinski definition) is 8. The maximum absolute atomic E-state index is 13.6. The van der Waals surface area contributed by atoms with Crippen LogP contribution in [0.5, 0.6) is 17.2 Å². The highest BCUT2D eigenvalue weighted by Crippen LogP contribution is 2.50. The summed E-state index contributed by atoms with van der Waals surface area (Å²) >= 11 is 0. The number of nitrogens with zero attached hydrogens (tertiary/aromatic N) is 1. The quantitative estimate of drug-likeness (QED) is 0.317. The Balaban J connectivity index is 1.88. The van der Waals surface area contributed by atoms with Gasteiger partial charge in [-0.15, -0.1) is 0 Å². The van der Waals surface area contributed by atoms with E-state index in [1.165, 1.54) is 26.3 Å². The first-order valence-corrected chi connectivity index (χ1v) is 13.0. The summed E-state index contributed by atoms with van der Waals surface area (Å²) in [4.78, 5) is 38.9. The van der Waals surface area contributed by atoms with E-state index in [0.717, 1.165) is 11.1 Å². The van der Waals surface area contributed by atoms with E-state index >= 15 is 0 Å². The smallest absolute Gasteiger partial charge is 0.248 e. The predicted octanol–water partition coefficient (Wildman–Crippen LogP) is 3.66. The van der Waals surface area contributed by atoms with Gasteiger partial charge in [-0.3, -0.25) is 19.5 Å². The third-order valence-corrected chi connectivity index (χ3v) is 6.93. The van der Waals surface area contributed by atoms with Gasteiger partial charge in [-0.1, -0.05) is 19.9 Å². The molecule has 4 rings (SSSR count). The van der Waals surface area contributed by atoms with Crippen molar-refractivity contribution in [3.05, 3.63) is 57.9 Å². The lowest BCUT2D eigenvalue weighted by atomic mass is 9.95. The minimum Gasteiger partial charge on any atom is -0.493 e. The molecule has 0 saturated heterocycles. The molecule has 1 aliphatic carbocycles. The lowest BCUT2D eigenvalue weighted by Crippen LogP contribution is -2.40. The third kappa shape index (κ3) is 5.73. The fourth-order valence-electron chi connectivity index (χ4n) is 5.07. The van der Waals surface area contributed by atoms with Crippen LogP contribution in [0.15, 0.2) is 41.3 Å². The number of amides is 2. The van der Waals surface area contributed by atoms with Gasteiger partial charge in [-0.2, -0.15) is 5.10 Å². The number of aryl methyl sites for hydroxylation is 1. The molecule has 0 bridgehead atoms. The van der Waals surface area contributed by atoms with E-state index in [0.29, 0.717) is 47.0 Å². The molecule has 0 unspecified atom stereocenters. The number of fused-ring (bicyclic) bond motifs is 3. The molecule has 2 amide bonds. The molecule has 11 nitrogen and oxygen atoms in total. The Morgan fingerprint density at radius 2 is 1.80 bits per heavy atom. The van der Waals surface area contributed by atoms with Crippen LogP contribution in [-0.4, -0.2) is 49.4 Å². The number of H-pyrrole nitrogens is 1. The van der Waals surface area contributed by atoms with Crippen LogP contribution < -0.4 is 35.6 Å². The topological polar surface area (TPSA) is 144 Å². The number of rotatable bonds is 9. The monoisotopic (exact) mass is 549 g/mol. The van der Waals surface area contributed by atoms with Crippen LogP contribution in [0.2, 0.25) is 0 Å². The number of aromatic nitrogens is 2. The Morgan fingerprint density at radius 1 is 1.05 bits per heavy atom. The van der Waals surface area contributed by atoms with E-state index in [1.807, 2.05) is 26.0 Å². The van der Waals surface area contributed by atoms with E-state index in [-0.39, 0.29) is 28.8 Å². The van der Waals surface area contributed by atoms with E-state index < -0.39 is 12.1 Å². The normalized spacial score (nSPS) is 14.7. The molecule has 1 aromatic heterocycles. The van der Waals surface area contributed by atoms with Gasteiger partial charge >= 0.3 is 0 Å². The molecule has 0 aliphatic heterocycles. The van der Waals surface area contributed by atoms with Crippen molar-refractivity contribution in [1.29, 1.82) is 0 Å². The van der Waals surface area contributed by atoms with Crippen molar-refractivity contribution in [3.63, 3.8) is 0 Å². The molecule has 0 saturated carbocycles. The molecule has 3 aromatic rings. The van der Waals surface area contributed by atoms with Gasteiger partial charge in [0.05, 0.1) is 39.3 Å². The van der Waals surface area contributed by atoms with Gasteiger partial charge in [0.2, 0.25) is 23.0 Å². The summed E-state index contributed by atoms with van der Waals surface area (Å²) in [5, 5.41) is 15.5. The van der Waals surface area contributed by atoms with Crippen LogP contribution in [0.1, 0.15) is 44.4 Å². The average molecular weight is 550 g/mol. The summed E-state index contributed by atoms with van der Waals surface area (Å²) in [5.74, 6) is 1.20. The van der Waals surface area contributed by atoms with Crippen LogP contribution in [0.4, 0.5) is 11.5 Å². The first-order valence-electron chi connectivity index (χ1n) is 13.0. The molecule has 0 spiro atoms. The second-order valence-corrected chi connectivity index (χ2v) is 9.92. The second kappa shape index (κ2) is 12.1. The minimum absolute atomic E-state index is 0.143. The zero-order valence-electron chi connectivity index (χ0n) is 23.5. The van der Waals surface area contributed by atoms with Crippen molar-refractivity contribution >= 4 is 23.3 Å². The van der Waals surface area contributed by atoms with Gasteiger partial charge < -0.3 is 30.2 Å². The van der Waals surface area contributed by atoms with Crippen molar-refractivity contribution < 1.29 is 23.8 Å². The number of hydrogen-bond donors (Lipinski definition) is 4. The van der Waals surface area contributed by atoms with E-state index in [9.17, 15) is 14.4 Å². The Kier molecular flexibility index (Phi) is 8.61. The lowest BCUT2D eigenvalue weighted by Gasteiger charge is -2.21. The molecular formula is C29H35N5O6. The fourth-order valence-corrected chi connectivity index (χ4v) is 5.07. The van der Waals surface area contributed by atoms with Crippen LogP contribution in [0.3, 0.4) is 0 Å². The van der Waals surface area contributed by atoms with Gasteiger partial charge in [-0.05, 0) is 53.6 Å². The predicted molar refractivity (Wildman–Crippen MR) is 152 cm³/mol. The Hall–Kier alpha value is -4.54. The van der Waals surface area contributed by atoms with Gasteiger partial charge in [0.25, 0.3) is 0 Å². The summed E-state index contributed by atoms with van der Waals surface area (Å²) in [6.07, 6.45) is 2.68. The van der Waals surface area contributed by atoms with Crippen LogP contribution in [-0.2, 0) is 16.0 Å². The molecule has 212 valence electrons. The average Bonchev–Trinajstić information content (AvgIpc) is 3.32. The molecular weight excluding hydrogens is 514 g/mol. The largest absolute Gasteiger partial charge is 0.493 e. The lowest BCUT2D eigenvalue weighted by molar-refractivity contribution is -0.120. The summed E-state index contributed by atoms with van der Waals surface area (Å²) in [6, 6.07) is 7.40. The maximum atomic E-state index is 13.6. The van der Waals surface area contributed by atoms with E-state index in [2.05, 4.69) is 26.1 Å². The number of anilines is 2. The van der Waals surface area contributed by atoms with Gasteiger partial charge in [0.15, 0.2) is 11.5 Å².